The van der Waals surface area contributed by atoms with Gasteiger partial charge in [0.1, 0.15) is 5.82 Å². The Labute approximate surface area is 101 Å². The van der Waals surface area contributed by atoms with E-state index in [0.717, 1.165) is 18.5 Å². The Balaban J connectivity index is 2.21. The van der Waals surface area contributed by atoms with Crippen molar-refractivity contribution in [3.8, 4) is 0 Å². The first-order valence-corrected chi connectivity index (χ1v) is 5.77. The number of nitrogens with one attached hydrogen (secondary N) is 1. The van der Waals surface area contributed by atoms with Gasteiger partial charge in [0.2, 0.25) is 0 Å². The van der Waals surface area contributed by atoms with Gasteiger partial charge in [-0.15, -0.1) is 0 Å². The highest BCUT2D eigenvalue weighted by Gasteiger charge is 2.04. The molecule has 1 unspecified atom stereocenters. The molecule has 1 aromatic carbocycles. The van der Waals surface area contributed by atoms with Crippen molar-refractivity contribution in [3.05, 3.63) is 35.6 Å². The van der Waals surface area contributed by atoms with Crippen molar-refractivity contribution in [1.29, 1.82) is 0 Å². The smallest absolute Gasteiger partial charge is 0.303 e. The molecule has 2 N–H and O–H groups in total. The van der Waals surface area contributed by atoms with Crippen molar-refractivity contribution in [2.24, 2.45) is 0 Å². The Kier molecular flexibility index (Phi) is 5.63. The van der Waals surface area contributed by atoms with E-state index in [-0.39, 0.29) is 18.3 Å². The van der Waals surface area contributed by atoms with E-state index in [2.05, 4.69) is 5.32 Å². The normalized spacial score (nSPS) is 12.4. The predicted molar refractivity (Wildman–Crippen MR) is 64.4 cm³/mol. The fourth-order valence-corrected chi connectivity index (χ4v) is 1.60. The Morgan fingerprint density at radius 1 is 1.53 bits per heavy atom. The maximum absolute atomic E-state index is 12.9. The van der Waals surface area contributed by atoms with Crippen molar-refractivity contribution >= 4 is 5.97 Å². The maximum atomic E-state index is 12.9. The Bertz CT molecular complexity index is 368. The van der Waals surface area contributed by atoms with Crippen molar-refractivity contribution < 1.29 is 14.3 Å². The van der Waals surface area contributed by atoms with Gasteiger partial charge in [0.15, 0.2) is 0 Å². The van der Waals surface area contributed by atoms with E-state index < -0.39 is 5.97 Å². The van der Waals surface area contributed by atoms with Gasteiger partial charge in [0.05, 0.1) is 0 Å². The largest absolute Gasteiger partial charge is 0.481 e. The second kappa shape index (κ2) is 7.01. The molecule has 0 saturated heterocycles. The fraction of sp³-hybridized carbons (Fsp3) is 0.462. The van der Waals surface area contributed by atoms with Crippen LogP contribution in [-0.2, 0) is 11.2 Å². The van der Waals surface area contributed by atoms with Crippen molar-refractivity contribution in [2.45, 2.75) is 32.2 Å². The van der Waals surface area contributed by atoms with Gasteiger partial charge in [-0.3, -0.25) is 4.79 Å². The van der Waals surface area contributed by atoms with Gasteiger partial charge in [0.25, 0.3) is 0 Å². The molecule has 94 valence electrons. The van der Waals surface area contributed by atoms with Crippen LogP contribution < -0.4 is 5.32 Å². The van der Waals surface area contributed by atoms with Gasteiger partial charge in [-0.05, 0) is 44.0 Å². The Morgan fingerprint density at radius 2 is 2.29 bits per heavy atom. The van der Waals surface area contributed by atoms with Crippen molar-refractivity contribution in [3.63, 3.8) is 0 Å². The first-order chi connectivity index (χ1) is 8.08. The second-order valence-corrected chi connectivity index (χ2v) is 4.17. The molecule has 0 aliphatic rings. The second-order valence-electron chi connectivity index (χ2n) is 4.17. The van der Waals surface area contributed by atoms with Crippen LogP contribution in [-0.4, -0.2) is 23.7 Å². The molecule has 0 radical (unpaired) electrons. The molecule has 1 aromatic rings. The van der Waals surface area contributed by atoms with Gasteiger partial charge < -0.3 is 10.4 Å². The number of carboxylic acids is 1. The standard InChI is InChI=1S/C13H18FNO2/c1-10(5-6-13(16)17)15-8-7-11-3-2-4-12(14)9-11/h2-4,9-10,15H,5-8H2,1H3,(H,16,17). The fourth-order valence-electron chi connectivity index (χ4n) is 1.60. The minimum atomic E-state index is -0.774. The van der Waals surface area contributed by atoms with Crippen LogP contribution in [0.4, 0.5) is 4.39 Å². The molecule has 0 aliphatic heterocycles. The Morgan fingerprint density at radius 3 is 2.94 bits per heavy atom. The van der Waals surface area contributed by atoms with Crippen LogP contribution in [0.15, 0.2) is 24.3 Å². The highest BCUT2D eigenvalue weighted by atomic mass is 19.1. The number of halogens is 1. The van der Waals surface area contributed by atoms with Crippen LogP contribution in [0.1, 0.15) is 25.3 Å². The summed E-state index contributed by atoms with van der Waals surface area (Å²) in [4.78, 5) is 10.4. The van der Waals surface area contributed by atoms with Crippen LogP contribution in [0.2, 0.25) is 0 Å². The molecule has 0 saturated carbocycles. The third-order valence-electron chi connectivity index (χ3n) is 2.59. The van der Waals surface area contributed by atoms with E-state index in [9.17, 15) is 9.18 Å². The van der Waals surface area contributed by atoms with Gasteiger partial charge in [-0.2, -0.15) is 0 Å². The molecule has 0 aromatic heterocycles. The molecular weight excluding hydrogens is 221 g/mol. The quantitative estimate of drug-likeness (QED) is 0.767. The number of hydrogen-bond donors (Lipinski definition) is 2. The molecule has 0 amide bonds. The van der Waals surface area contributed by atoms with Crippen LogP contribution in [0, 0.1) is 5.82 Å². The molecule has 17 heavy (non-hydrogen) atoms. The van der Waals surface area contributed by atoms with Gasteiger partial charge in [0, 0.05) is 12.5 Å². The summed E-state index contributed by atoms with van der Waals surface area (Å²) in [5.74, 6) is -0.995. The third kappa shape index (κ3) is 6.02. The first-order valence-electron chi connectivity index (χ1n) is 5.77. The zero-order chi connectivity index (χ0) is 12.7. The minimum absolute atomic E-state index is 0.166. The van der Waals surface area contributed by atoms with E-state index in [1.165, 1.54) is 12.1 Å². The van der Waals surface area contributed by atoms with E-state index in [0.29, 0.717) is 6.42 Å². The van der Waals surface area contributed by atoms with Gasteiger partial charge in [-0.25, -0.2) is 4.39 Å². The molecule has 4 heteroatoms. The summed E-state index contributed by atoms with van der Waals surface area (Å²) in [5.41, 5.74) is 0.947. The van der Waals surface area contributed by atoms with Crippen molar-refractivity contribution in [2.75, 3.05) is 6.54 Å². The van der Waals surface area contributed by atoms with Gasteiger partial charge >= 0.3 is 5.97 Å². The van der Waals surface area contributed by atoms with Crippen LogP contribution in [0.25, 0.3) is 0 Å². The summed E-state index contributed by atoms with van der Waals surface area (Å²) >= 11 is 0. The van der Waals surface area contributed by atoms with Crippen molar-refractivity contribution in [1.82, 2.24) is 5.32 Å². The lowest BCUT2D eigenvalue weighted by atomic mass is 10.1. The highest BCUT2D eigenvalue weighted by Crippen LogP contribution is 2.04. The molecular formula is C13H18FNO2. The maximum Gasteiger partial charge on any atom is 0.303 e. The minimum Gasteiger partial charge on any atom is -0.481 e. The lowest BCUT2D eigenvalue weighted by Gasteiger charge is -2.12. The summed E-state index contributed by atoms with van der Waals surface area (Å²) in [6.45, 7) is 2.68. The van der Waals surface area contributed by atoms with Gasteiger partial charge in [-0.1, -0.05) is 12.1 Å². The lowest BCUT2D eigenvalue weighted by Crippen LogP contribution is -2.28. The van der Waals surface area contributed by atoms with E-state index >= 15 is 0 Å². The summed E-state index contributed by atoms with van der Waals surface area (Å²) in [6.07, 6.45) is 1.53. The van der Waals surface area contributed by atoms with Crippen LogP contribution in [0.3, 0.4) is 0 Å². The molecule has 0 heterocycles. The molecule has 3 nitrogen and oxygen atoms in total. The summed E-state index contributed by atoms with van der Waals surface area (Å²) < 4.78 is 12.9. The number of carboxylic acid groups (broad SMARTS) is 1. The molecule has 0 aliphatic carbocycles. The lowest BCUT2D eigenvalue weighted by molar-refractivity contribution is -0.137. The number of aliphatic carboxylic acids is 1. The molecule has 0 bridgehead atoms. The zero-order valence-electron chi connectivity index (χ0n) is 9.95. The van der Waals surface area contributed by atoms with E-state index in [4.69, 9.17) is 5.11 Å². The number of rotatable bonds is 7. The molecule has 1 atom stereocenters. The zero-order valence-corrected chi connectivity index (χ0v) is 9.95. The van der Waals surface area contributed by atoms with Crippen LogP contribution >= 0.6 is 0 Å². The predicted octanol–water partition coefficient (Wildman–Crippen LogP) is 2.21. The summed E-state index contributed by atoms with van der Waals surface area (Å²) in [7, 11) is 0. The third-order valence-corrected chi connectivity index (χ3v) is 2.59. The number of carbonyl (C=O) groups is 1. The summed E-state index contributed by atoms with van der Waals surface area (Å²) in [5, 5.41) is 11.7. The first kappa shape index (κ1) is 13.6. The molecule has 0 spiro atoms. The topological polar surface area (TPSA) is 49.3 Å². The van der Waals surface area contributed by atoms with Crippen LogP contribution in [0.5, 0.6) is 0 Å². The molecule has 0 fully saturated rings. The average molecular weight is 239 g/mol. The number of hydrogen-bond acceptors (Lipinski definition) is 2. The summed E-state index contributed by atoms with van der Waals surface area (Å²) in [6, 6.07) is 6.68. The SMILES string of the molecule is CC(CCC(=O)O)NCCc1cccc(F)c1. The molecule has 1 rings (SSSR count). The average Bonchev–Trinajstić information content (AvgIpc) is 2.26. The highest BCUT2D eigenvalue weighted by molar-refractivity contribution is 5.66. The number of benzene rings is 1. The van der Waals surface area contributed by atoms with E-state index in [1.807, 2.05) is 13.0 Å². The Hall–Kier alpha value is -1.42. The van der Waals surface area contributed by atoms with E-state index in [1.54, 1.807) is 6.07 Å². The monoisotopic (exact) mass is 239 g/mol.